The lowest BCUT2D eigenvalue weighted by atomic mass is 10.7. The first-order valence-corrected chi connectivity index (χ1v) is 4.64. The molecule has 2 aromatic heterocycles. The fourth-order valence-electron chi connectivity index (χ4n) is 0.771. The smallest absolute Gasteiger partial charge is 0.315 e. The molecule has 2 rings (SSSR count). The van der Waals surface area contributed by atoms with Crippen LogP contribution in [0.5, 0.6) is 0 Å². The van der Waals surface area contributed by atoms with Crippen molar-refractivity contribution in [1.29, 1.82) is 0 Å². The van der Waals surface area contributed by atoms with E-state index in [9.17, 15) is 0 Å². The Morgan fingerprint density at radius 2 is 2.54 bits per heavy atom. The Morgan fingerprint density at radius 3 is 3.15 bits per heavy atom. The zero-order valence-electron chi connectivity index (χ0n) is 6.40. The maximum atomic E-state index is 5.70. The van der Waals surface area contributed by atoms with E-state index < -0.39 is 0 Å². The first kappa shape index (κ1) is 8.46. The summed E-state index contributed by atoms with van der Waals surface area (Å²) in [5.74, 6) is 0. The Labute approximate surface area is 82.8 Å². The van der Waals surface area contributed by atoms with Gasteiger partial charge in [-0.25, -0.2) is 4.98 Å². The van der Waals surface area contributed by atoms with Gasteiger partial charge in [0.25, 0.3) is 0 Å². The highest BCUT2D eigenvalue weighted by Crippen LogP contribution is 2.18. The Kier molecular flexibility index (Phi) is 2.42. The third-order valence-corrected chi connectivity index (χ3v) is 2.39. The van der Waals surface area contributed by atoms with E-state index in [0.29, 0.717) is 16.9 Å². The van der Waals surface area contributed by atoms with Gasteiger partial charge in [-0.3, -0.25) is 0 Å². The molecule has 0 saturated heterocycles. The molecule has 5 nitrogen and oxygen atoms in total. The Bertz CT molecular complexity index is 374. The van der Waals surface area contributed by atoms with Crippen LogP contribution in [-0.2, 0) is 6.54 Å². The highest BCUT2D eigenvalue weighted by Gasteiger charge is 2.01. The minimum absolute atomic E-state index is 0.381. The fourth-order valence-corrected chi connectivity index (χ4v) is 1.67. The summed E-state index contributed by atoms with van der Waals surface area (Å²) in [6, 6.07) is 0.381. The van der Waals surface area contributed by atoms with Gasteiger partial charge in [-0.1, -0.05) is 16.7 Å². The standard InChI is InChI=1S/C6H5ClN4OS/c7-4-1-8-5(13-4)2-9-6-11-10-3-12-6/h1,3H,2H2,(H,9,11). The van der Waals surface area contributed by atoms with Gasteiger partial charge in [-0.05, 0) is 0 Å². The van der Waals surface area contributed by atoms with E-state index in [0.717, 1.165) is 5.01 Å². The first-order chi connectivity index (χ1) is 6.34. The minimum Gasteiger partial charge on any atom is -0.411 e. The van der Waals surface area contributed by atoms with Crippen LogP contribution in [0.2, 0.25) is 4.34 Å². The number of hydrogen-bond donors (Lipinski definition) is 1. The number of halogens is 1. The van der Waals surface area contributed by atoms with E-state index >= 15 is 0 Å². The van der Waals surface area contributed by atoms with E-state index in [2.05, 4.69) is 20.5 Å². The molecule has 0 radical (unpaired) electrons. The number of rotatable bonds is 3. The van der Waals surface area contributed by atoms with Crippen LogP contribution in [0.3, 0.4) is 0 Å². The predicted octanol–water partition coefficient (Wildman–Crippen LogP) is 1.79. The van der Waals surface area contributed by atoms with Crippen molar-refractivity contribution in [1.82, 2.24) is 15.2 Å². The molecule has 0 bridgehead atoms. The summed E-state index contributed by atoms with van der Waals surface area (Å²) in [7, 11) is 0. The molecular weight excluding hydrogens is 212 g/mol. The fraction of sp³-hybridized carbons (Fsp3) is 0.167. The molecule has 0 unspecified atom stereocenters. The van der Waals surface area contributed by atoms with E-state index in [1.54, 1.807) is 6.20 Å². The summed E-state index contributed by atoms with van der Waals surface area (Å²) in [6.07, 6.45) is 2.87. The monoisotopic (exact) mass is 216 g/mol. The molecule has 2 heterocycles. The van der Waals surface area contributed by atoms with Gasteiger partial charge in [0.05, 0.1) is 12.7 Å². The van der Waals surface area contributed by atoms with Crippen molar-refractivity contribution in [3.63, 3.8) is 0 Å². The first-order valence-electron chi connectivity index (χ1n) is 3.45. The van der Waals surface area contributed by atoms with Gasteiger partial charge in [0.2, 0.25) is 6.39 Å². The number of aromatic nitrogens is 3. The van der Waals surface area contributed by atoms with Gasteiger partial charge in [-0.15, -0.1) is 16.4 Å². The van der Waals surface area contributed by atoms with E-state index in [1.165, 1.54) is 17.7 Å². The summed E-state index contributed by atoms with van der Waals surface area (Å²) in [5, 5.41) is 11.0. The number of thiazole rings is 1. The maximum absolute atomic E-state index is 5.70. The number of hydrogen-bond acceptors (Lipinski definition) is 6. The lowest BCUT2D eigenvalue weighted by Gasteiger charge is -1.94. The summed E-state index contributed by atoms with van der Waals surface area (Å²) in [5.41, 5.74) is 0. The average molecular weight is 217 g/mol. The van der Waals surface area contributed by atoms with Crippen molar-refractivity contribution in [2.75, 3.05) is 5.32 Å². The summed E-state index contributed by atoms with van der Waals surface area (Å²) in [4.78, 5) is 4.05. The topological polar surface area (TPSA) is 63.8 Å². The zero-order valence-corrected chi connectivity index (χ0v) is 7.97. The molecule has 0 atom stereocenters. The Morgan fingerprint density at radius 1 is 1.62 bits per heavy atom. The molecule has 0 spiro atoms. The third kappa shape index (κ3) is 2.16. The minimum atomic E-state index is 0.381. The van der Waals surface area contributed by atoms with Gasteiger partial charge in [-0.2, -0.15) is 0 Å². The molecule has 0 aliphatic rings. The van der Waals surface area contributed by atoms with Crippen LogP contribution in [0.4, 0.5) is 6.01 Å². The molecule has 0 aliphatic carbocycles. The van der Waals surface area contributed by atoms with Crippen LogP contribution in [0, 0.1) is 0 Å². The molecule has 1 N–H and O–H groups in total. The molecule has 68 valence electrons. The number of nitrogens with zero attached hydrogens (tertiary/aromatic N) is 3. The molecular formula is C6H5ClN4OS. The highest BCUT2D eigenvalue weighted by atomic mass is 35.5. The Hall–Kier alpha value is -1.14. The van der Waals surface area contributed by atoms with Gasteiger partial charge >= 0.3 is 6.01 Å². The number of anilines is 1. The molecule has 2 aromatic rings. The summed E-state index contributed by atoms with van der Waals surface area (Å²) < 4.78 is 5.54. The maximum Gasteiger partial charge on any atom is 0.315 e. The largest absolute Gasteiger partial charge is 0.411 e. The highest BCUT2D eigenvalue weighted by molar-refractivity contribution is 7.15. The second kappa shape index (κ2) is 3.71. The van der Waals surface area contributed by atoms with Crippen molar-refractivity contribution in [2.24, 2.45) is 0 Å². The molecule has 0 saturated carbocycles. The summed E-state index contributed by atoms with van der Waals surface area (Å²) >= 11 is 7.11. The van der Waals surface area contributed by atoms with Crippen molar-refractivity contribution in [3.8, 4) is 0 Å². The van der Waals surface area contributed by atoms with E-state index in [4.69, 9.17) is 16.0 Å². The molecule has 0 amide bonds. The zero-order chi connectivity index (χ0) is 9.10. The van der Waals surface area contributed by atoms with E-state index in [-0.39, 0.29) is 0 Å². The van der Waals surface area contributed by atoms with Crippen LogP contribution in [0.25, 0.3) is 0 Å². The molecule has 0 aromatic carbocycles. The van der Waals surface area contributed by atoms with Crippen LogP contribution in [-0.4, -0.2) is 15.2 Å². The predicted molar refractivity (Wildman–Crippen MR) is 48.7 cm³/mol. The summed E-state index contributed by atoms with van der Waals surface area (Å²) in [6.45, 7) is 0.541. The molecule has 7 heteroatoms. The van der Waals surface area contributed by atoms with Crippen molar-refractivity contribution in [2.45, 2.75) is 6.54 Å². The van der Waals surface area contributed by atoms with Crippen LogP contribution < -0.4 is 5.32 Å². The van der Waals surface area contributed by atoms with Crippen LogP contribution in [0.15, 0.2) is 17.0 Å². The van der Waals surface area contributed by atoms with Crippen LogP contribution >= 0.6 is 22.9 Å². The quantitative estimate of drug-likeness (QED) is 0.848. The van der Waals surface area contributed by atoms with Gasteiger partial charge in [0.15, 0.2) is 0 Å². The number of nitrogens with one attached hydrogen (secondary N) is 1. The third-order valence-electron chi connectivity index (χ3n) is 1.28. The average Bonchev–Trinajstić information content (AvgIpc) is 2.71. The Balaban J connectivity index is 1.93. The van der Waals surface area contributed by atoms with Gasteiger partial charge in [0.1, 0.15) is 9.34 Å². The lowest BCUT2D eigenvalue weighted by Crippen LogP contribution is -1.98. The van der Waals surface area contributed by atoms with Gasteiger partial charge < -0.3 is 9.73 Å². The second-order valence-electron chi connectivity index (χ2n) is 2.16. The normalized spacial score (nSPS) is 10.2. The van der Waals surface area contributed by atoms with Crippen molar-refractivity contribution >= 4 is 29.0 Å². The van der Waals surface area contributed by atoms with E-state index in [1.807, 2.05) is 0 Å². The molecule has 0 aliphatic heterocycles. The second-order valence-corrected chi connectivity index (χ2v) is 3.90. The SMILES string of the molecule is Clc1cnc(CNc2nnco2)s1. The van der Waals surface area contributed by atoms with Crippen molar-refractivity contribution < 1.29 is 4.42 Å². The van der Waals surface area contributed by atoms with Crippen molar-refractivity contribution in [3.05, 3.63) is 21.9 Å². The van der Waals surface area contributed by atoms with Crippen LogP contribution in [0.1, 0.15) is 5.01 Å². The lowest BCUT2D eigenvalue weighted by molar-refractivity contribution is 0.565. The van der Waals surface area contributed by atoms with Gasteiger partial charge in [0, 0.05) is 0 Å². The molecule has 13 heavy (non-hydrogen) atoms. The molecule has 0 fully saturated rings.